The van der Waals surface area contributed by atoms with E-state index < -0.39 is 0 Å². The maximum absolute atomic E-state index is 5.80. The number of hydrogen-bond donors (Lipinski definition) is 0. The summed E-state index contributed by atoms with van der Waals surface area (Å²) in [5.74, 6) is 0.986. The molecule has 0 bridgehead atoms. The molecule has 16 heavy (non-hydrogen) atoms. The van der Waals surface area contributed by atoms with Gasteiger partial charge in [-0.15, -0.1) is 0 Å². The average Bonchev–Trinajstić information content (AvgIpc) is 2.52. The van der Waals surface area contributed by atoms with Crippen molar-refractivity contribution in [1.29, 1.82) is 0 Å². The molecule has 0 radical (unpaired) electrons. The topological polar surface area (TPSA) is 9.23 Å². The largest absolute Gasteiger partial charge is 0.493 e. The molecule has 0 spiro atoms. The Bertz CT molecular complexity index is 422. The lowest BCUT2D eigenvalue weighted by Crippen LogP contribution is -2.16. The lowest BCUT2D eigenvalue weighted by molar-refractivity contribution is 0.198. The highest BCUT2D eigenvalue weighted by Gasteiger charge is 2.13. The molecule has 0 heterocycles. The SMILES string of the molecule is CC1=Cc2cc(OCC(C)(C)C)ccc2C1. The van der Waals surface area contributed by atoms with Crippen LogP contribution in [0.1, 0.15) is 38.8 Å². The van der Waals surface area contributed by atoms with Gasteiger partial charge in [0.05, 0.1) is 6.61 Å². The summed E-state index contributed by atoms with van der Waals surface area (Å²) in [6.07, 6.45) is 3.34. The molecule has 0 saturated heterocycles. The van der Waals surface area contributed by atoms with Crippen LogP contribution in [0.2, 0.25) is 0 Å². The predicted octanol–water partition coefficient (Wildman–Crippen LogP) is 4.07. The number of benzene rings is 1. The van der Waals surface area contributed by atoms with Gasteiger partial charge < -0.3 is 4.74 Å². The third-order valence-electron chi connectivity index (χ3n) is 2.66. The van der Waals surface area contributed by atoms with Crippen LogP contribution in [0.3, 0.4) is 0 Å². The Morgan fingerprint density at radius 1 is 1.25 bits per heavy atom. The van der Waals surface area contributed by atoms with Crippen LogP contribution in [-0.2, 0) is 6.42 Å². The minimum Gasteiger partial charge on any atom is -0.493 e. The maximum atomic E-state index is 5.80. The van der Waals surface area contributed by atoms with E-state index in [1.54, 1.807) is 0 Å². The van der Waals surface area contributed by atoms with Gasteiger partial charge in [-0.2, -0.15) is 0 Å². The lowest BCUT2D eigenvalue weighted by atomic mass is 9.99. The molecule has 0 N–H and O–H groups in total. The normalized spacial score (nSPS) is 14.6. The predicted molar refractivity (Wildman–Crippen MR) is 68.7 cm³/mol. The highest BCUT2D eigenvalue weighted by Crippen LogP contribution is 2.28. The summed E-state index contributed by atoms with van der Waals surface area (Å²) in [6, 6.07) is 6.41. The Morgan fingerprint density at radius 3 is 2.69 bits per heavy atom. The zero-order valence-corrected chi connectivity index (χ0v) is 10.6. The summed E-state index contributed by atoms with van der Waals surface area (Å²) in [5.41, 5.74) is 4.39. The van der Waals surface area contributed by atoms with E-state index in [-0.39, 0.29) is 5.41 Å². The molecule has 2 rings (SSSR count). The molecular formula is C15H20O. The van der Waals surface area contributed by atoms with Gasteiger partial charge in [-0.25, -0.2) is 0 Å². The van der Waals surface area contributed by atoms with E-state index in [0.29, 0.717) is 0 Å². The van der Waals surface area contributed by atoms with Gasteiger partial charge in [0.15, 0.2) is 0 Å². The smallest absolute Gasteiger partial charge is 0.119 e. The second kappa shape index (κ2) is 3.97. The zero-order valence-electron chi connectivity index (χ0n) is 10.6. The van der Waals surface area contributed by atoms with Crippen molar-refractivity contribution in [2.45, 2.75) is 34.1 Å². The molecule has 86 valence electrons. The van der Waals surface area contributed by atoms with Crippen LogP contribution in [-0.4, -0.2) is 6.61 Å². The number of fused-ring (bicyclic) bond motifs is 1. The van der Waals surface area contributed by atoms with Crippen molar-refractivity contribution in [2.75, 3.05) is 6.61 Å². The van der Waals surface area contributed by atoms with Crippen molar-refractivity contribution < 1.29 is 4.74 Å². The quantitative estimate of drug-likeness (QED) is 0.724. The number of allylic oxidation sites excluding steroid dienone is 1. The first-order valence-electron chi connectivity index (χ1n) is 5.87. The van der Waals surface area contributed by atoms with E-state index in [1.807, 2.05) is 0 Å². The second-order valence-corrected chi connectivity index (χ2v) is 5.88. The molecule has 1 aliphatic rings. The van der Waals surface area contributed by atoms with E-state index in [9.17, 15) is 0 Å². The second-order valence-electron chi connectivity index (χ2n) is 5.88. The highest BCUT2D eigenvalue weighted by molar-refractivity contribution is 5.64. The average molecular weight is 216 g/mol. The first-order valence-corrected chi connectivity index (χ1v) is 5.87. The Hall–Kier alpha value is -1.24. The molecule has 1 nitrogen and oxygen atoms in total. The van der Waals surface area contributed by atoms with Crippen LogP contribution in [0.5, 0.6) is 5.75 Å². The summed E-state index contributed by atoms with van der Waals surface area (Å²) in [4.78, 5) is 0. The number of rotatable bonds is 2. The third-order valence-corrected chi connectivity index (χ3v) is 2.66. The van der Waals surface area contributed by atoms with Crippen molar-refractivity contribution in [3.8, 4) is 5.75 Å². The molecule has 0 atom stereocenters. The van der Waals surface area contributed by atoms with Crippen LogP contribution in [0, 0.1) is 5.41 Å². The fraction of sp³-hybridized carbons (Fsp3) is 0.467. The van der Waals surface area contributed by atoms with Crippen LogP contribution in [0.15, 0.2) is 23.8 Å². The molecule has 1 aromatic carbocycles. The van der Waals surface area contributed by atoms with Crippen molar-refractivity contribution in [3.05, 3.63) is 34.9 Å². The molecule has 0 aromatic heterocycles. The zero-order chi connectivity index (χ0) is 11.8. The van der Waals surface area contributed by atoms with E-state index in [4.69, 9.17) is 4.74 Å². The Morgan fingerprint density at radius 2 is 2.00 bits per heavy atom. The van der Waals surface area contributed by atoms with Crippen LogP contribution in [0.25, 0.3) is 6.08 Å². The maximum Gasteiger partial charge on any atom is 0.119 e. The van der Waals surface area contributed by atoms with Crippen molar-refractivity contribution in [1.82, 2.24) is 0 Å². The molecule has 0 saturated carbocycles. The first-order chi connectivity index (χ1) is 7.44. The molecular weight excluding hydrogens is 196 g/mol. The Kier molecular flexibility index (Phi) is 2.79. The van der Waals surface area contributed by atoms with Crippen LogP contribution < -0.4 is 4.74 Å². The Labute approximate surface area is 98.1 Å². The van der Waals surface area contributed by atoms with E-state index >= 15 is 0 Å². The molecule has 0 aliphatic heterocycles. The summed E-state index contributed by atoms with van der Waals surface area (Å²) >= 11 is 0. The monoisotopic (exact) mass is 216 g/mol. The van der Waals surface area contributed by atoms with Crippen molar-refractivity contribution in [3.63, 3.8) is 0 Å². The van der Waals surface area contributed by atoms with Crippen LogP contribution in [0.4, 0.5) is 0 Å². The fourth-order valence-electron chi connectivity index (χ4n) is 1.87. The van der Waals surface area contributed by atoms with Crippen molar-refractivity contribution in [2.24, 2.45) is 5.41 Å². The van der Waals surface area contributed by atoms with Crippen LogP contribution >= 0.6 is 0 Å². The van der Waals surface area contributed by atoms with E-state index in [2.05, 4.69) is 52.0 Å². The van der Waals surface area contributed by atoms with Gasteiger partial charge in [-0.1, -0.05) is 38.5 Å². The minimum absolute atomic E-state index is 0.213. The lowest BCUT2D eigenvalue weighted by Gasteiger charge is -2.19. The third kappa shape index (κ3) is 2.66. The van der Waals surface area contributed by atoms with Gasteiger partial charge in [0.1, 0.15) is 5.75 Å². The Balaban J connectivity index is 2.10. The molecule has 1 aliphatic carbocycles. The van der Waals surface area contributed by atoms with Gasteiger partial charge in [0.2, 0.25) is 0 Å². The van der Waals surface area contributed by atoms with Gasteiger partial charge in [0.25, 0.3) is 0 Å². The van der Waals surface area contributed by atoms with Crippen molar-refractivity contribution >= 4 is 6.08 Å². The summed E-state index contributed by atoms with van der Waals surface area (Å²) in [5, 5.41) is 0. The molecule has 0 fully saturated rings. The molecule has 0 amide bonds. The van der Waals surface area contributed by atoms with Gasteiger partial charge in [0, 0.05) is 0 Å². The van der Waals surface area contributed by atoms with Gasteiger partial charge in [-0.05, 0) is 42.0 Å². The number of ether oxygens (including phenoxy) is 1. The fourth-order valence-corrected chi connectivity index (χ4v) is 1.87. The molecule has 1 aromatic rings. The summed E-state index contributed by atoms with van der Waals surface area (Å²) in [7, 11) is 0. The summed E-state index contributed by atoms with van der Waals surface area (Å²) in [6.45, 7) is 9.49. The first kappa shape index (κ1) is 11.3. The number of hydrogen-bond acceptors (Lipinski definition) is 1. The minimum atomic E-state index is 0.213. The standard InChI is InChI=1S/C15H20O/c1-11-7-12-5-6-14(9-13(12)8-11)16-10-15(2,3)4/h5-6,8-9H,7,10H2,1-4H3. The van der Waals surface area contributed by atoms with Gasteiger partial charge in [-0.3, -0.25) is 0 Å². The summed E-state index contributed by atoms with van der Waals surface area (Å²) < 4.78 is 5.80. The molecule has 0 unspecified atom stereocenters. The molecule has 1 heteroatoms. The highest BCUT2D eigenvalue weighted by atomic mass is 16.5. The van der Waals surface area contributed by atoms with Gasteiger partial charge >= 0.3 is 0 Å². The van der Waals surface area contributed by atoms with E-state index in [1.165, 1.54) is 16.7 Å². The van der Waals surface area contributed by atoms with E-state index in [0.717, 1.165) is 18.8 Å².